The second-order valence-corrected chi connectivity index (χ2v) is 8.29. The van der Waals surface area contributed by atoms with Crippen LogP contribution >= 0.6 is 0 Å². The van der Waals surface area contributed by atoms with E-state index in [-0.39, 0.29) is 12.1 Å². The summed E-state index contributed by atoms with van der Waals surface area (Å²) in [5, 5.41) is -6.50. The molecule has 1 aromatic rings. The van der Waals surface area contributed by atoms with Crippen LogP contribution in [0, 0.1) is 0 Å². The third-order valence-corrected chi connectivity index (χ3v) is 5.30. The van der Waals surface area contributed by atoms with Crippen molar-refractivity contribution in [1.29, 1.82) is 0 Å². The van der Waals surface area contributed by atoms with Crippen molar-refractivity contribution in [3.05, 3.63) is 35.9 Å². The maximum atomic E-state index is 14.3. The average molecular weight is 621 g/mol. The molecule has 0 fully saturated rings. The summed E-state index contributed by atoms with van der Waals surface area (Å²) in [6, 6.07) is 1.81. The molecule has 4 nitrogen and oxygen atoms in total. The zero-order valence-corrected chi connectivity index (χ0v) is 17.6. The Labute approximate surface area is 196 Å². The molecule has 38 heavy (non-hydrogen) atoms. The number of hydrogen-bond acceptors (Lipinski definition) is 4. The Morgan fingerprint density at radius 2 is 0.947 bits per heavy atom. The summed E-state index contributed by atoms with van der Waals surface area (Å²) in [6.07, 6.45) is -15.1. The molecule has 0 unspecified atom stereocenters. The van der Waals surface area contributed by atoms with Crippen molar-refractivity contribution in [2.24, 2.45) is 5.16 Å². The van der Waals surface area contributed by atoms with Gasteiger partial charge >= 0.3 is 57.3 Å². The van der Waals surface area contributed by atoms with Gasteiger partial charge in [-0.25, -0.2) is 0 Å². The molecule has 0 atom stereocenters. The Kier molecular flexibility index (Phi) is 8.13. The maximum absolute atomic E-state index is 14.3. The van der Waals surface area contributed by atoms with Gasteiger partial charge in [0.2, 0.25) is 0 Å². The van der Waals surface area contributed by atoms with Crippen LogP contribution in [0.25, 0.3) is 0 Å². The van der Waals surface area contributed by atoms with Crippen LogP contribution in [0.15, 0.2) is 35.5 Å². The summed E-state index contributed by atoms with van der Waals surface area (Å²) >= 11 is 0. The van der Waals surface area contributed by atoms with Crippen molar-refractivity contribution in [2.75, 3.05) is 0 Å². The first kappa shape index (κ1) is 33.4. The van der Waals surface area contributed by atoms with Crippen molar-refractivity contribution in [3.8, 4) is 0 Å². The quantitative estimate of drug-likeness (QED) is 0.177. The molecule has 220 valence electrons. The second-order valence-electron chi connectivity index (χ2n) is 6.72. The zero-order valence-electron chi connectivity index (χ0n) is 16.8. The molecule has 23 heteroatoms. The molecule has 0 saturated heterocycles. The minimum atomic E-state index is -8.17. The summed E-state index contributed by atoms with van der Waals surface area (Å²) < 4.78 is 260. The molecule has 1 aromatic carbocycles. The van der Waals surface area contributed by atoms with Gasteiger partial charge in [0.05, 0.1) is 0 Å². The summed E-state index contributed by atoms with van der Waals surface area (Å²) in [5.41, 5.74) is -5.25. The Morgan fingerprint density at radius 1 is 0.579 bits per heavy atom. The minimum absolute atomic E-state index is 0.0368. The molecular formula is C15H5F18NO3S. The molecule has 0 aliphatic rings. The van der Waals surface area contributed by atoms with Gasteiger partial charge in [-0.3, -0.25) is 4.28 Å². The summed E-state index contributed by atoms with van der Waals surface area (Å²) in [5.74, 6) is -38.4. The zero-order chi connectivity index (χ0) is 30.6. The van der Waals surface area contributed by atoms with Gasteiger partial charge in [-0.15, -0.1) is 0 Å². The lowest BCUT2D eigenvalue weighted by atomic mass is 9.95. The molecule has 0 amide bonds. The van der Waals surface area contributed by atoms with E-state index >= 15 is 0 Å². The lowest BCUT2D eigenvalue weighted by Gasteiger charge is -2.34. The predicted octanol–water partition coefficient (Wildman–Crippen LogP) is 6.63. The summed E-state index contributed by atoms with van der Waals surface area (Å²) in [7, 11) is -8.17. The van der Waals surface area contributed by atoms with Crippen LogP contribution in [-0.4, -0.2) is 61.3 Å². The molecule has 0 aliphatic carbocycles. The van der Waals surface area contributed by atoms with Gasteiger partial charge in [0, 0.05) is 5.56 Å². The van der Waals surface area contributed by atoms with Gasteiger partial charge < -0.3 is 0 Å². The molecule has 0 aliphatic heterocycles. The van der Waals surface area contributed by atoms with Crippen molar-refractivity contribution in [3.63, 3.8) is 0 Å². The summed E-state index contributed by atoms with van der Waals surface area (Å²) in [6.45, 7) is 0. The number of oxime groups is 1. The van der Waals surface area contributed by atoms with Crippen LogP contribution in [0.5, 0.6) is 0 Å². The topological polar surface area (TPSA) is 55.7 Å². The van der Waals surface area contributed by atoms with Gasteiger partial charge in [-0.05, 0) is 0 Å². The molecule has 0 N–H and O–H groups in total. The second kappa shape index (κ2) is 9.24. The number of rotatable bonds is 9. The lowest BCUT2D eigenvalue weighted by Crippen LogP contribution is -2.64. The van der Waals surface area contributed by atoms with E-state index in [9.17, 15) is 87.4 Å². The van der Waals surface area contributed by atoms with Gasteiger partial charge in [-0.2, -0.15) is 87.4 Å². The van der Waals surface area contributed by atoms with E-state index in [4.69, 9.17) is 0 Å². The Hall–Kier alpha value is -2.62. The normalized spacial score (nSPS) is 16.0. The maximum Gasteiger partial charge on any atom is 0.460 e. The molecule has 1 rings (SSSR count). The van der Waals surface area contributed by atoms with Crippen LogP contribution in [-0.2, 0) is 14.4 Å². The van der Waals surface area contributed by atoms with Gasteiger partial charge in [-0.1, -0.05) is 35.5 Å². The first-order chi connectivity index (χ1) is 16.5. The van der Waals surface area contributed by atoms with Gasteiger partial charge in [0.15, 0.2) is 5.71 Å². The Bertz CT molecular complexity index is 1140. The van der Waals surface area contributed by atoms with Gasteiger partial charge in [0.1, 0.15) is 0 Å². The largest absolute Gasteiger partial charge is 0.460 e. The Morgan fingerprint density at radius 3 is 1.32 bits per heavy atom. The van der Waals surface area contributed by atoms with E-state index in [1.807, 2.05) is 0 Å². The molecule has 0 bridgehead atoms. The number of halogens is 18. The van der Waals surface area contributed by atoms with Crippen LogP contribution in [0.2, 0.25) is 0 Å². The number of alkyl halides is 18. The van der Waals surface area contributed by atoms with E-state index in [1.54, 1.807) is 0 Å². The number of benzene rings is 1. The van der Waals surface area contributed by atoms with Crippen molar-refractivity contribution in [1.82, 2.24) is 0 Å². The molecule has 0 aromatic heterocycles. The molecule has 0 spiro atoms. The third kappa shape index (κ3) is 4.92. The standard InChI is InChI=1S/C15H5F18NO3S/c16-8(17,9(18,19)10(20,21)13(26,27)28)7(6-4-2-1-3-5-6)34-37-38(35,36)15(32,33)12(24,25)11(22,23)14(29,30)31/h1-5H/b34-7-. The van der Waals surface area contributed by atoms with Crippen LogP contribution in [0.4, 0.5) is 79.0 Å². The molecular weight excluding hydrogens is 616 g/mol. The number of nitrogens with zero attached hydrogens (tertiary/aromatic N) is 1. The van der Waals surface area contributed by atoms with E-state index < -0.39 is 68.6 Å². The highest BCUT2D eigenvalue weighted by Gasteiger charge is 2.87. The van der Waals surface area contributed by atoms with Crippen molar-refractivity contribution in [2.45, 2.75) is 47.2 Å². The SMILES string of the molecule is O=S(=O)(O/N=C(/c1ccccc1)C(F)(F)C(F)(F)C(F)(F)C(F)(F)F)C(F)(F)C(F)(F)C(F)(F)C(F)(F)F. The highest BCUT2D eigenvalue weighted by atomic mass is 32.2. The smallest absolute Gasteiger partial charge is 0.263 e. The van der Waals surface area contributed by atoms with E-state index in [2.05, 4.69) is 4.28 Å². The van der Waals surface area contributed by atoms with Crippen LogP contribution in [0.3, 0.4) is 0 Å². The first-order valence-electron chi connectivity index (χ1n) is 8.42. The Balaban J connectivity index is 3.82. The monoisotopic (exact) mass is 621 g/mol. The fourth-order valence-electron chi connectivity index (χ4n) is 2.06. The van der Waals surface area contributed by atoms with Crippen LogP contribution < -0.4 is 0 Å². The molecule has 0 heterocycles. The lowest BCUT2D eigenvalue weighted by molar-refractivity contribution is -0.385. The van der Waals surface area contributed by atoms with Crippen LogP contribution in [0.1, 0.15) is 5.56 Å². The van der Waals surface area contributed by atoms with E-state index in [0.717, 1.165) is 6.07 Å². The third-order valence-electron chi connectivity index (χ3n) is 4.15. The van der Waals surface area contributed by atoms with Crippen molar-refractivity contribution >= 4 is 15.8 Å². The highest BCUT2D eigenvalue weighted by Crippen LogP contribution is 2.56. The van der Waals surface area contributed by atoms with Crippen molar-refractivity contribution < 1.29 is 91.7 Å². The van der Waals surface area contributed by atoms with Gasteiger partial charge in [0.25, 0.3) is 0 Å². The van der Waals surface area contributed by atoms with E-state index in [0.29, 0.717) is 12.1 Å². The van der Waals surface area contributed by atoms with E-state index in [1.165, 1.54) is 5.16 Å². The average Bonchev–Trinajstić information content (AvgIpc) is 2.72. The molecule has 0 radical (unpaired) electrons. The first-order valence-corrected chi connectivity index (χ1v) is 9.83. The fraction of sp³-hybridized carbons (Fsp3) is 0.533. The summed E-state index contributed by atoms with van der Waals surface area (Å²) in [4.78, 5) is 0. The highest BCUT2D eigenvalue weighted by molar-refractivity contribution is 7.87. The number of hydrogen-bond donors (Lipinski definition) is 0. The minimum Gasteiger partial charge on any atom is -0.263 e. The predicted molar refractivity (Wildman–Crippen MR) is 84.8 cm³/mol. The molecule has 0 saturated carbocycles. The fourth-order valence-corrected chi connectivity index (χ4v) is 2.77.